The van der Waals surface area contributed by atoms with Gasteiger partial charge >= 0.3 is 11.9 Å². The SMILES string of the molecule is CC(=O)OC1C=C2C(=O)CC3C(CCC4(C)C(OC(C)=O)CCC34)C2(C)CC1. The van der Waals surface area contributed by atoms with Gasteiger partial charge in [-0.15, -0.1) is 0 Å². The highest BCUT2D eigenvalue weighted by molar-refractivity contribution is 5.98. The van der Waals surface area contributed by atoms with E-state index in [4.69, 9.17) is 9.47 Å². The average molecular weight is 389 g/mol. The fourth-order valence-corrected chi connectivity index (χ4v) is 7.17. The van der Waals surface area contributed by atoms with E-state index in [1.54, 1.807) is 0 Å². The molecule has 0 amide bonds. The van der Waals surface area contributed by atoms with Gasteiger partial charge in [0.05, 0.1) is 0 Å². The van der Waals surface area contributed by atoms with Gasteiger partial charge in [-0.1, -0.05) is 13.8 Å². The minimum atomic E-state index is -0.289. The van der Waals surface area contributed by atoms with Crippen LogP contribution in [-0.4, -0.2) is 29.9 Å². The Morgan fingerprint density at radius 3 is 2.36 bits per heavy atom. The number of ether oxygens (including phenoxy) is 2. The summed E-state index contributed by atoms with van der Waals surface area (Å²) in [5.74, 6) is 1.00. The van der Waals surface area contributed by atoms with Crippen molar-refractivity contribution in [3.05, 3.63) is 11.6 Å². The molecule has 0 N–H and O–H groups in total. The summed E-state index contributed by atoms with van der Waals surface area (Å²) in [6, 6.07) is 0. The van der Waals surface area contributed by atoms with Crippen LogP contribution in [0.3, 0.4) is 0 Å². The Labute approximate surface area is 167 Å². The van der Waals surface area contributed by atoms with Gasteiger partial charge in [0.25, 0.3) is 0 Å². The molecule has 4 rings (SSSR count). The van der Waals surface area contributed by atoms with Crippen molar-refractivity contribution < 1.29 is 23.9 Å². The van der Waals surface area contributed by atoms with Gasteiger partial charge in [-0.3, -0.25) is 14.4 Å². The molecule has 0 bridgehead atoms. The van der Waals surface area contributed by atoms with Crippen molar-refractivity contribution in [3.8, 4) is 0 Å². The van der Waals surface area contributed by atoms with E-state index in [0.29, 0.717) is 24.2 Å². The second-order valence-corrected chi connectivity index (χ2v) is 9.91. The molecule has 4 aliphatic rings. The van der Waals surface area contributed by atoms with Crippen molar-refractivity contribution in [3.63, 3.8) is 0 Å². The zero-order chi connectivity index (χ0) is 20.3. The first-order chi connectivity index (χ1) is 13.1. The molecule has 3 saturated carbocycles. The third-order valence-electron chi connectivity index (χ3n) is 8.43. The van der Waals surface area contributed by atoms with E-state index in [2.05, 4.69) is 13.8 Å². The number of hydrogen-bond donors (Lipinski definition) is 0. The molecule has 5 nitrogen and oxygen atoms in total. The van der Waals surface area contributed by atoms with Crippen LogP contribution in [0.2, 0.25) is 0 Å². The number of Topliss-reactive ketones (excluding diaryl/α,β-unsaturated/α-hetero) is 1. The van der Waals surface area contributed by atoms with E-state index in [0.717, 1.165) is 44.1 Å². The molecule has 28 heavy (non-hydrogen) atoms. The largest absolute Gasteiger partial charge is 0.462 e. The summed E-state index contributed by atoms with van der Waals surface area (Å²) in [5, 5.41) is 0. The van der Waals surface area contributed by atoms with Crippen LogP contribution in [0.1, 0.15) is 72.6 Å². The van der Waals surface area contributed by atoms with Gasteiger partial charge < -0.3 is 9.47 Å². The Morgan fingerprint density at radius 2 is 1.68 bits per heavy atom. The van der Waals surface area contributed by atoms with Crippen molar-refractivity contribution in [1.29, 1.82) is 0 Å². The number of carbonyl (C=O) groups is 3. The summed E-state index contributed by atoms with van der Waals surface area (Å²) in [5.41, 5.74) is 0.751. The minimum absolute atomic E-state index is 0.0142. The standard InChI is InChI=1S/C23H32O5/c1-13(24)27-15-7-9-22(3)18-8-10-23(4)17(5-6-21(23)28-14(2)25)16(18)12-20(26)19(22)11-15/h11,15-18,21H,5-10,12H2,1-4H3. The van der Waals surface area contributed by atoms with Crippen molar-refractivity contribution in [2.24, 2.45) is 28.6 Å². The molecule has 5 heteroatoms. The van der Waals surface area contributed by atoms with E-state index in [9.17, 15) is 14.4 Å². The molecule has 3 fully saturated rings. The zero-order valence-corrected chi connectivity index (χ0v) is 17.5. The summed E-state index contributed by atoms with van der Waals surface area (Å²) in [7, 11) is 0. The van der Waals surface area contributed by atoms with Crippen molar-refractivity contribution in [1.82, 2.24) is 0 Å². The number of carbonyl (C=O) groups excluding carboxylic acids is 3. The normalized spacial score (nSPS) is 44.6. The molecule has 7 unspecified atom stereocenters. The Balaban J connectivity index is 1.62. The third kappa shape index (κ3) is 2.93. The zero-order valence-electron chi connectivity index (χ0n) is 17.5. The molecule has 154 valence electrons. The predicted octanol–water partition coefficient (Wildman–Crippen LogP) is 3.99. The molecule has 0 heterocycles. The second-order valence-electron chi connectivity index (χ2n) is 9.91. The first kappa shape index (κ1) is 19.7. The number of fused-ring (bicyclic) bond motifs is 5. The van der Waals surface area contributed by atoms with E-state index in [1.807, 2.05) is 6.08 Å². The van der Waals surface area contributed by atoms with Gasteiger partial charge in [0.15, 0.2) is 5.78 Å². The number of hydrogen-bond acceptors (Lipinski definition) is 5. The monoisotopic (exact) mass is 388 g/mol. The van der Waals surface area contributed by atoms with Crippen LogP contribution in [0, 0.1) is 28.6 Å². The highest BCUT2D eigenvalue weighted by atomic mass is 16.5. The molecular formula is C23H32O5. The highest BCUT2D eigenvalue weighted by Crippen LogP contribution is 2.65. The summed E-state index contributed by atoms with van der Waals surface area (Å²) >= 11 is 0. The molecule has 4 aliphatic carbocycles. The first-order valence-corrected chi connectivity index (χ1v) is 10.7. The van der Waals surface area contributed by atoms with Gasteiger partial charge in [0, 0.05) is 31.3 Å². The fourth-order valence-electron chi connectivity index (χ4n) is 7.17. The van der Waals surface area contributed by atoms with Gasteiger partial charge in [-0.2, -0.15) is 0 Å². The van der Waals surface area contributed by atoms with E-state index >= 15 is 0 Å². The Kier molecular flexibility index (Phi) is 4.71. The van der Waals surface area contributed by atoms with Crippen LogP contribution >= 0.6 is 0 Å². The Bertz CT molecular complexity index is 739. The van der Waals surface area contributed by atoms with Crippen molar-refractivity contribution in [2.75, 3.05) is 0 Å². The quantitative estimate of drug-likeness (QED) is 0.669. The second kappa shape index (κ2) is 6.70. The van der Waals surface area contributed by atoms with Gasteiger partial charge in [-0.05, 0) is 67.8 Å². The Hall–Kier alpha value is -1.65. The van der Waals surface area contributed by atoms with Crippen LogP contribution in [0.25, 0.3) is 0 Å². The van der Waals surface area contributed by atoms with Crippen LogP contribution in [0.15, 0.2) is 11.6 Å². The van der Waals surface area contributed by atoms with Crippen molar-refractivity contribution in [2.45, 2.75) is 84.8 Å². The topological polar surface area (TPSA) is 69.7 Å². The maximum atomic E-state index is 13.2. The lowest BCUT2D eigenvalue weighted by Crippen LogP contribution is -2.54. The van der Waals surface area contributed by atoms with E-state index in [-0.39, 0.29) is 40.8 Å². The first-order valence-electron chi connectivity index (χ1n) is 10.7. The molecule has 0 saturated heterocycles. The summed E-state index contributed by atoms with van der Waals surface area (Å²) < 4.78 is 11.1. The molecule has 0 aromatic rings. The summed E-state index contributed by atoms with van der Waals surface area (Å²) in [6.07, 6.45) is 7.95. The number of esters is 2. The van der Waals surface area contributed by atoms with E-state index < -0.39 is 0 Å². The molecule has 7 atom stereocenters. The van der Waals surface area contributed by atoms with Crippen molar-refractivity contribution >= 4 is 17.7 Å². The maximum absolute atomic E-state index is 13.2. The fraction of sp³-hybridized carbons (Fsp3) is 0.783. The third-order valence-corrected chi connectivity index (χ3v) is 8.43. The van der Waals surface area contributed by atoms with Gasteiger partial charge in [-0.25, -0.2) is 0 Å². The molecule has 0 aromatic heterocycles. The molecule has 0 aliphatic heterocycles. The summed E-state index contributed by atoms with van der Waals surface area (Å²) in [4.78, 5) is 36.1. The predicted molar refractivity (Wildman–Crippen MR) is 103 cm³/mol. The van der Waals surface area contributed by atoms with Gasteiger partial charge in [0.1, 0.15) is 12.2 Å². The smallest absolute Gasteiger partial charge is 0.303 e. The summed E-state index contributed by atoms with van der Waals surface area (Å²) in [6.45, 7) is 7.43. The highest BCUT2D eigenvalue weighted by Gasteiger charge is 2.61. The molecular weight excluding hydrogens is 356 g/mol. The number of ketones is 1. The van der Waals surface area contributed by atoms with Crippen LogP contribution < -0.4 is 0 Å². The van der Waals surface area contributed by atoms with Crippen LogP contribution in [0.4, 0.5) is 0 Å². The van der Waals surface area contributed by atoms with E-state index in [1.165, 1.54) is 13.8 Å². The van der Waals surface area contributed by atoms with Crippen LogP contribution in [0.5, 0.6) is 0 Å². The Morgan fingerprint density at radius 1 is 0.964 bits per heavy atom. The number of allylic oxidation sites excluding steroid dienone is 1. The molecule has 0 aromatic carbocycles. The van der Waals surface area contributed by atoms with Gasteiger partial charge in [0.2, 0.25) is 0 Å². The maximum Gasteiger partial charge on any atom is 0.303 e. The lowest BCUT2D eigenvalue weighted by molar-refractivity contribution is -0.158. The number of rotatable bonds is 2. The average Bonchev–Trinajstić information content (AvgIpc) is 2.92. The van der Waals surface area contributed by atoms with Crippen LogP contribution in [-0.2, 0) is 23.9 Å². The molecule has 0 radical (unpaired) electrons. The lowest BCUT2D eigenvalue weighted by atomic mass is 9.47. The lowest BCUT2D eigenvalue weighted by Gasteiger charge is -2.57. The molecule has 0 spiro atoms. The minimum Gasteiger partial charge on any atom is -0.462 e.